The van der Waals surface area contributed by atoms with Gasteiger partial charge >= 0.3 is 5.97 Å². The first-order chi connectivity index (χ1) is 8.24. The molecule has 0 amide bonds. The minimum absolute atomic E-state index is 0.259. The Labute approximate surface area is 98.1 Å². The molecule has 0 saturated carbocycles. The number of carbonyl (C=O) groups is 1. The summed E-state index contributed by atoms with van der Waals surface area (Å²) in [6, 6.07) is 5.32. The standard InChI is InChI=1S/C12H12FNO3/c1-2-16-12(15)10-11(17-7-14-10)8-5-3-4-6-9(8)13/h3-7,10-11H,2H2,1H3. The van der Waals surface area contributed by atoms with Crippen LogP contribution in [0.1, 0.15) is 18.6 Å². The first kappa shape index (κ1) is 11.6. The molecule has 4 nitrogen and oxygen atoms in total. The van der Waals surface area contributed by atoms with Gasteiger partial charge in [-0.15, -0.1) is 0 Å². The Morgan fingerprint density at radius 1 is 1.53 bits per heavy atom. The van der Waals surface area contributed by atoms with Crippen molar-refractivity contribution in [3.63, 3.8) is 0 Å². The number of rotatable bonds is 3. The van der Waals surface area contributed by atoms with Crippen LogP contribution in [0.25, 0.3) is 0 Å². The van der Waals surface area contributed by atoms with E-state index in [2.05, 4.69) is 4.99 Å². The predicted octanol–water partition coefficient (Wildman–Crippen LogP) is 1.86. The minimum atomic E-state index is -0.827. The first-order valence-corrected chi connectivity index (χ1v) is 5.32. The van der Waals surface area contributed by atoms with Gasteiger partial charge in [-0.05, 0) is 13.0 Å². The summed E-state index contributed by atoms with van der Waals surface area (Å²) < 4.78 is 23.6. The van der Waals surface area contributed by atoms with E-state index in [1.54, 1.807) is 25.1 Å². The second-order valence-electron chi connectivity index (χ2n) is 3.53. The lowest BCUT2D eigenvalue weighted by molar-refractivity contribution is -0.146. The zero-order chi connectivity index (χ0) is 12.3. The molecule has 0 aromatic heterocycles. The lowest BCUT2D eigenvalue weighted by Crippen LogP contribution is -2.26. The fourth-order valence-electron chi connectivity index (χ4n) is 1.68. The summed E-state index contributed by atoms with van der Waals surface area (Å²) in [6.45, 7) is 1.96. The van der Waals surface area contributed by atoms with Crippen LogP contribution in [0.3, 0.4) is 0 Å². The molecule has 5 heteroatoms. The van der Waals surface area contributed by atoms with Crippen LogP contribution in [0.2, 0.25) is 0 Å². The highest BCUT2D eigenvalue weighted by Crippen LogP contribution is 2.29. The Bertz CT molecular complexity index is 447. The largest absolute Gasteiger partial charge is 0.473 e. The molecule has 1 aromatic carbocycles. The van der Waals surface area contributed by atoms with Gasteiger partial charge in [0, 0.05) is 5.56 Å². The smallest absolute Gasteiger partial charge is 0.335 e. The molecule has 1 aliphatic heterocycles. The number of ether oxygens (including phenoxy) is 2. The number of nitrogens with zero attached hydrogens (tertiary/aromatic N) is 1. The number of hydrogen-bond acceptors (Lipinski definition) is 4. The van der Waals surface area contributed by atoms with Gasteiger partial charge in [-0.3, -0.25) is 0 Å². The average molecular weight is 237 g/mol. The van der Waals surface area contributed by atoms with E-state index in [4.69, 9.17) is 9.47 Å². The van der Waals surface area contributed by atoms with Crippen LogP contribution in [-0.2, 0) is 14.3 Å². The van der Waals surface area contributed by atoms with Crippen LogP contribution < -0.4 is 0 Å². The Morgan fingerprint density at radius 3 is 3.00 bits per heavy atom. The highest BCUT2D eigenvalue weighted by atomic mass is 19.1. The van der Waals surface area contributed by atoms with E-state index in [-0.39, 0.29) is 6.61 Å². The molecule has 0 fully saturated rings. The third-order valence-electron chi connectivity index (χ3n) is 2.46. The number of aliphatic imine (C=N–C) groups is 1. The van der Waals surface area contributed by atoms with Gasteiger partial charge in [0.2, 0.25) is 0 Å². The van der Waals surface area contributed by atoms with Gasteiger partial charge in [0.05, 0.1) is 6.61 Å². The third kappa shape index (κ3) is 2.27. The van der Waals surface area contributed by atoms with E-state index in [0.29, 0.717) is 5.56 Å². The summed E-state index contributed by atoms with van der Waals surface area (Å²) in [6.07, 6.45) is 0.425. The fraction of sp³-hybridized carbons (Fsp3) is 0.333. The first-order valence-electron chi connectivity index (χ1n) is 5.32. The zero-order valence-corrected chi connectivity index (χ0v) is 9.30. The van der Waals surface area contributed by atoms with Crippen molar-refractivity contribution in [2.24, 2.45) is 4.99 Å². The van der Waals surface area contributed by atoms with E-state index in [9.17, 15) is 9.18 Å². The Balaban J connectivity index is 2.22. The quantitative estimate of drug-likeness (QED) is 0.754. The van der Waals surface area contributed by atoms with E-state index < -0.39 is 23.9 Å². The second kappa shape index (κ2) is 4.95. The zero-order valence-electron chi connectivity index (χ0n) is 9.30. The van der Waals surface area contributed by atoms with Crippen LogP contribution in [0.5, 0.6) is 0 Å². The molecule has 17 heavy (non-hydrogen) atoms. The van der Waals surface area contributed by atoms with Crippen molar-refractivity contribution in [1.82, 2.24) is 0 Å². The summed E-state index contributed by atoms with van der Waals surface area (Å²) in [5.74, 6) is -0.924. The molecule has 2 atom stereocenters. The highest BCUT2D eigenvalue weighted by molar-refractivity contribution is 5.80. The van der Waals surface area contributed by atoms with Crippen LogP contribution in [0.4, 0.5) is 4.39 Å². The lowest BCUT2D eigenvalue weighted by Gasteiger charge is -2.16. The number of hydrogen-bond donors (Lipinski definition) is 0. The fourth-order valence-corrected chi connectivity index (χ4v) is 1.68. The van der Waals surface area contributed by atoms with E-state index in [0.717, 1.165) is 0 Å². The highest BCUT2D eigenvalue weighted by Gasteiger charge is 2.36. The monoisotopic (exact) mass is 237 g/mol. The number of carbonyl (C=O) groups excluding carboxylic acids is 1. The van der Waals surface area contributed by atoms with Gasteiger partial charge in [-0.2, -0.15) is 0 Å². The van der Waals surface area contributed by atoms with Gasteiger partial charge in [-0.1, -0.05) is 18.2 Å². The Hall–Kier alpha value is -1.91. The average Bonchev–Trinajstić information content (AvgIpc) is 2.79. The SMILES string of the molecule is CCOC(=O)C1N=COC1c1ccccc1F. The van der Waals surface area contributed by atoms with E-state index >= 15 is 0 Å². The maximum atomic E-state index is 13.6. The van der Waals surface area contributed by atoms with Crippen molar-refractivity contribution in [3.05, 3.63) is 35.6 Å². The van der Waals surface area contributed by atoms with Gasteiger partial charge in [0.15, 0.2) is 18.5 Å². The van der Waals surface area contributed by atoms with Crippen LogP contribution in [0, 0.1) is 5.82 Å². The topological polar surface area (TPSA) is 47.9 Å². The Morgan fingerprint density at radius 2 is 2.29 bits per heavy atom. The van der Waals surface area contributed by atoms with Gasteiger partial charge in [0.25, 0.3) is 0 Å². The third-order valence-corrected chi connectivity index (χ3v) is 2.46. The van der Waals surface area contributed by atoms with Crippen molar-refractivity contribution >= 4 is 12.4 Å². The van der Waals surface area contributed by atoms with E-state index in [1.165, 1.54) is 12.5 Å². The maximum Gasteiger partial charge on any atom is 0.335 e. The van der Waals surface area contributed by atoms with Crippen LogP contribution in [0.15, 0.2) is 29.3 Å². The molecule has 2 rings (SSSR count). The summed E-state index contributed by atoms with van der Waals surface area (Å²) >= 11 is 0. The molecule has 0 saturated heterocycles. The van der Waals surface area contributed by atoms with Crippen molar-refractivity contribution < 1.29 is 18.7 Å². The molecule has 2 unspecified atom stereocenters. The summed E-state index contributed by atoms with van der Waals surface area (Å²) in [5.41, 5.74) is 0.308. The molecule has 1 aliphatic rings. The van der Waals surface area contributed by atoms with Crippen molar-refractivity contribution in [2.45, 2.75) is 19.1 Å². The van der Waals surface area contributed by atoms with Crippen molar-refractivity contribution in [3.8, 4) is 0 Å². The van der Waals surface area contributed by atoms with Gasteiger partial charge in [0.1, 0.15) is 5.82 Å². The molecular weight excluding hydrogens is 225 g/mol. The summed E-state index contributed by atoms with van der Waals surface area (Å²) in [5, 5.41) is 0. The lowest BCUT2D eigenvalue weighted by atomic mass is 10.0. The normalized spacial score (nSPS) is 22.2. The molecule has 0 aliphatic carbocycles. The molecule has 1 heterocycles. The molecule has 1 aromatic rings. The summed E-state index contributed by atoms with van der Waals surface area (Å²) in [4.78, 5) is 15.5. The number of benzene rings is 1. The molecule has 0 bridgehead atoms. The maximum absolute atomic E-state index is 13.6. The van der Waals surface area contributed by atoms with Crippen LogP contribution in [-0.4, -0.2) is 25.0 Å². The molecule has 90 valence electrons. The summed E-state index contributed by atoms with van der Waals surface area (Å²) in [7, 11) is 0. The Kier molecular flexibility index (Phi) is 3.37. The van der Waals surface area contributed by atoms with Crippen molar-refractivity contribution in [1.29, 1.82) is 0 Å². The number of halogens is 1. The van der Waals surface area contributed by atoms with Gasteiger partial charge in [-0.25, -0.2) is 14.2 Å². The predicted molar refractivity (Wildman–Crippen MR) is 59.1 cm³/mol. The minimum Gasteiger partial charge on any atom is -0.473 e. The van der Waals surface area contributed by atoms with E-state index in [1.807, 2.05) is 0 Å². The molecule has 0 spiro atoms. The molecule has 0 N–H and O–H groups in total. The molecular formula is C12H12FNO3. The van der Waals surface area contributed by atoms with Crippen molar-refractivity contribution in [2.75, 3.05) is 6.61 Å². The number of esters is 1. The van der Waals surface area contributed by atoms with Crippen LogP contribution >= 0.6 is 0 Å². The second-order valence-corrected chi connectivity index (χ2v) is 3.53. The van der Waals surface area contributed by atoms with Gasteiger partial charge < -0.3 is 9.47 Å². The molecule has 0 radical (unpaired) electrons.